The van der Waals surface area contributed by atoms with Crippen molar-refractivity contribution in [2.75, 3.05) is 32.8 Å². The van der Waals surface area contributed by atoms with E-state index in [4.69, 9.17) is 16.3 Å². The lowest BCUT2D eigenvalue weighted by atomic mass is 10.2. The van der Waals surface area contributed by atoms with Crippen LogP contribution < -0.4 is 4.74 Å². The molecule has 1 aliphatic rings. The van der Waals surface area contributed by atoms with Crippen molar-refractivity contribution in [3.05, 3.63) is 68.7 Å². The SMILES string of the molecule is O=C(COc1cc(F)ccc1[N+](=O)[O-])N1CCN(Cc2c(F)cccc2Cl)CC1. The van der Waals surface area contributed by atoms with Gasteiger partial charge in [0.25, 0.3) is 5.91 Å². The van der Waals surface area contributed by atoms with Gasteiger partial charge in [-0.15, -0.1) is 0 Å². The third kappa shape index (κ3) is 5.18. The van der Waals surface area contributed by atoms with Crippen molar-refractivity contribution in [2.45, 2.75) is 6.54 Å². The molecule has 1 heterocycles. The predicted molar refractivity (Wildman–Crippen MR) is 102 cm³/mol. The number of carbonyl (C=O) groups excluding carboxylic acids is 1. The minimum absolute atomic E-state index is 0.295. The number of nitro benzene ring substituents is 1. The molecule has 1 saturated heterocycles. The van der Waals surface area contributed by atoms with Gasteiger partial charge in [-0.2, -0.15) is 0 Å². The molecule has 7 nitrogen and oxygen atoms in total. The molecular weight excluding hydrogens is 408 g/mol. The van der Waals surface area contributed by atoms with Crippen LogP contribution in [0.4, 0.5) is 14.5 Å². The average Bonchev–Trinajstić information content (AvgIpc) is 2.69. The molecule has 2 aromatic carbocycles. The van der Waals surface area contributed by atoms with E-state index in [0.29, 0.717) is 43.3 Å². The highest BCUT2D eigenvalue weighted by Gasteiger charge is 2.24. The maximum Gasteiger partial charge on any atom is 0.311 e. The molecule has 154 valence electrons. The van der Waals surface area contributed by atoms with Crippen LogP contribution in [-0.4, -0.2) is 53.4 Å². The van der Waals surface area contributed by atoms with E-state index in [-0.39, 0.29) is 17.5 Å². The molecule has 2 aromatic rings. The number of rotatable bonds is 6. The van der Waals surface area contributed by atoms with Crippen molar-refractivity contribution >= 4 is 23.2 Å². The number of hydrogen-bond donors (Lipinski definition) is 0. The van der Waals surface area contributed by atoms with E-state index >= 15 is 0 Å². The molecule has 0 radical (unpaired) electrons. The molecular formula is C19H18ClF2N3O4. The first-order valence-corrected chi connectivity index (χ1v) is 9.22. The van der Waals surface area contributed by atoms with Gasteiger partial charge in [-0.05, 0) is 18.2 Å². The molecule has 0 saturated carbocycles. The smallest absolute Gasteiger partial charge is 0.311 e. The number of halogens is 3. The summed E-state index contributed by atoms with van der Waals surface area (Å²) in [4.78, 5) is 26.2. The van der Waals surface area contributed by atoms with E-state index in [1.807, 2.05) is 4.90 Å². The summed E-state index contributed by atoms with van der Waals surface area (Å²) < 4.78 is 32.4. The highest BCUT2D eigenvalue weighted by Crippen LogP contribution is 2.27. The summed E-state index contributed by atoms with van der Waals surface area (Å²) in [6, 6.07) is 7.34. The molecule has 0 aliphatic carbocycles. The minimum atomic E-state index is -0.703. The number of ether oxygens (including phenoxy) is 1. The van der Waals surface area contributed by atoms with Crippen LogP contribution in [0.3, 0.4) is 0 Å². The van der Waals surface area contributed by atoms with Gasteiger partial charge in [0.05, 0.1) is 4.92 Å². The van der Waals surface area contributed by atoms with Crippen molar-refractivity contribution in [3.63, 3.8) is 0 Å². The number of piperazine rings is 1. The second-order valence-electron chi connectivity index (χ2n) is 6.51. The highest BCUT2D eigenvalue weighted by molar-refractivity contribution is 6.31. The van der Waals surface area contributed by atoms with Crippen molar-refractivity contribution in [1.29, 1.82) is 0 Å². The zero-order chi connectivity index (χ0) is 21.0. The van der Waals surface area contributed by atoms with Gasteiger partial charge < -0.3 is 9.64 Å². The molecule has 0 unspecified atom stereocenters. The second-order valence-corrected chi connectivity index (χ2v) is 6.92. The Labute approximate surface area is 170 Å². The summed E-state index contributed by atoms with van der Waals surface area (Å²) in [5, 5.41) is 11.3. The zero-order valence-electron chi connectivity index (χ0n) is 15.3. The number of nitrogens with zero attached hydrogens (tertiary/aromatic N) is 3. The van der Waals surface area contributed by atoms with Gasteiger partial charge in [-0.1, -0.05) is 17.7 Å². The third-order valence-corrected chi connectivity index (χ3v) is 4.99. The van der Waals surface area contributed by atoms with Gasteiger partial charge >= 0.3 is 5.69 Å². The highest BCUT2D eigenvalue weighted by atomic mass is 35.5. The van der Waals surface area contributed by atoms with E-state index in [0.717, 1.165) is 18.2 Å². The van der Waals surface area contributed by atoms with Gasteiger partial charge in [0.2, 0.25) is 5.75 Å². The van der Waals surface area contributed by atoms with Gasteiger partial charge in [-0.3, -0.25) is 19.8 Å². The van der Waals surface area contributed by atoms with Gasteiger partial charge in [0.1, 0.15) is 11.6 Å². The third-order valence-electron chi connectivity index (χ3n) is 4.64. The van der Waals surface area contributed by atoms with Crippen LogP contribution >= 0.6 is 11.6 Å². The predicted octanol–water partition coefficient (Wildman–Crippen LogP) is 3.25. The summed E-state index contributed by atoms with van der Waals surface area (Å²) in [5.74, 6) is -1.73. The Morgan fingerprint density at radius 2 is 1.90 bits per heavy atom. The normalized spacial score (nSPS) is 14.7. The first kappa shape index (κ1) is 20.9. The lowest BCUT2D eigenvalue weighted by Gasteiger charge is -2.34. The van der Waals surface area contributed by atoms with Crippen LogP contribution in [0, 0.1) is 21.7 Å². The van der Waals surface area contributed by atoms with Gasteiger partial charge in [0, 0.05) is 55.4 Å². The van der Waals surface area contributed by atoms with Crippen LogP contribution in [0.25, 0.3) is 0 Å². The maximum absolute atomic E-state index is 13.9. The molecule has 29 heavy (non-hydrogen) atoms. The Bertz CT molecular complexity index is 900. The topological polar surface area (TPSA) is 75.9 Å². The first-order chi connectivity index (χ1) is 13.8. The summed E-state index contributed by atoms with van der Waals surface area (Å²) in [7, 11) is 0. The Kier molecular flexibility index (Phi) is 6.60. The van der Waals surface area contributed by atoms with Crippen molar-refractivity contribution in [2.24, 2.45) is 0 Å². The molecule has 0 bridgehead atoms. The second kappa shape index (κ2) is 9.15. The molecule has 1 fully saturated rings. The molecule has 0 N–H and O–H groups in total. The van der Waals surface area contributed by atoms with E-state index in [1.165, 1.54) is 6.07 Å². The van der Waals surface area contributed by atoms with E-state index in [1.54, 1.807) is 17.0 Å². The lowest BCUT2D eigenvalue weighted by Crippen LogP contribution is -2.49. The lowest BCUT2D eigenvalue weighted by molar-refractivity contribution is -0.385. The summed E-state index contributed by atoms with van der Waals surface area (Å²) in [6.07, 6.45) is 0. The summed E-state index contributed by atoms with van der Waals surface area (Å²) >= 11 is 6.05. The zero-order valence-corrected chi connectivity index (χ0v) is 16.1. The fourth-order valence-corrected chi connectivity index (χ4v) is 3.27. The number of amides is 1. The molecule has 1 aliphatic heterocycles. The molecule has 0 atom stereocenters. The van der Waals surface area contributed by atoms with Crippen molar-refractivity contribution in [1.82, 2.24) is 9.80 Å². The standard InChI is InChI=1S/C19H18ClF2N3O4/c20-15-2-1-3-16(22)14(15)11-23-6-8-24(9-7-23)19(26)12-29-18-10-13(21)4-5-17(18)25(27)28/h1-5,10H,6-9,11-12H2. The van der Waals surface area contributed by atoms with Crippen LogP contribution in [0.1, 0.15) is 5.56 Å². The molecule has 10 heteroatoms. The van der Waals surface area contributed by atoms with E-state index in [9.17, 15) is 23.7 Å². The molecule has 0 aromatic heterocycles. The Morgan fingerprint density at radius 1 is 1.17 bits per heavy atom. The number of nitro groups is 1. The fourth-order valence-electron chi connectivity index (χ4n) is 3.05. The van der Waals surface area contributed by atoms with E-state index in [2.05, 4.69) is 0 Å². The van der Waals surface area contributed by atoms with E-state index < -0.39 is 23.0 Å². The quantitative estimate of drug-likeness (QED) is 0.524. The summed E-state index contributed by atoms with van der Waals surface area (Å²) in [5.41, 5.74) is 0.00137. The van der Waals surface area contributed by atoms with Gasteiger partial charge in [-0.25, -0.2) is 8.78 Å². The summed E-state index contributed by atoms with van der Waals surface area (Å²) in [6.45, 7) is 1.69. The number of carbonyl (C=O) groups is 1. The van der Waals surface area contributed by atoms with Crippen LogP contribution in [0.5, 0.6) is 5.75 Å². The van der Waals surface area contributed by atoms with Crippen LogP contribution in [0.2, 0.25) is 5.02 Å². The van der Waals surface area contributed by atoms with Crippen molar-refractivity contribution < 1.29 is 23.2 Å². The molecule has 3 rings (SSSR count). The number of benzene rings is 2. The molecule has 0 spiro atoms. The first-order valence-electron chi connectivity index (χ1n) is 8.85. The minimum Gasteiger partial charge on any atom is -0.477 e. The fraction of sp³-hybridized carbons (Fsp3) is 0.316. The molecule has 1 amide bonds. The monoisotopic (exact) mass is 425 g/mol. The Balaban J connectivity index is 1.53. The largest absolute Gasteiger partial charge is 0.477 e. The van der Waals surface area contributed by atoms with Crippen LogP contribution in [-0.2, 0) is 11.3 Å². The Hall–Kier alpha value is -2.78. The van der Waals surface area contributed by atoms with Crippen LogP contribution in [0.15, 0.2) is 36.4 Å². The van der Waals surface area contributed by atoms with Crippen molar-refractivity contribution in [3.8, 4) is 5.75 Å². The maximum atomic E-state index is 13.9. The average molecular weight is 426 g/mol. The van der Waals surface area contributed by atoms with Gasteiger partial charge in [0.15, 0.2) is 6.61 Å². The number of hydrogen-bond acceptors (Lipinski definition) is 5. The Morgan fingerprint density at radius 3 is 2.55 bits per heavy atom.